The molecule has 0 amide bonds. The van der Waals surface area contributed by atoms with E-state index in [2.05, 4.69) is 169 Å². The van der Waals surface area contributed by atoms with Gasteiger partial charge in [-0.15, -0.1) is 0 Å². The molecule has 2 aromatic heterocycles. The molecule has 2 heterocycles. The van der Waals surface area contributed by atoms with Crippen LogP contribution >= 0.6 is 0 Å². The molecule has 0 saturated carbocycles. The fourth-order valence-corrected chi connectivity index (χ4v) is 7.20. The van der Waals surface area contributed by atoms with E-state index in [9.17, 15) is 0 Å². The first-order valence-corrected chi connectivity index (χ1v) is 15.8. The Morgan fingerprint density at radius 2 is 1.07 bits per heavy atom. The Bertz CT molecular complexity index is 2280. The molecule has 1 unspecified atom stereocenters. The number of fused-ring (bicyclic) bond motifs is 6. The van der Waals surface area contributed by atoms with Crippen LogP contribution < -0.4 is 0 Å². The highest BCUT2D eigenvalue weighted by atomic mass is 15.0. The highest BCUT2D eigenvalue weighted by molar-refractivity contribution is 6.11. The minimum atomic E-state index is 0.361. The maximum absolute atomic E-state index is 2.48. The summed E-state index contributed by atoms with van der Waals surface area (Å²) in [5.74, 6) is 0.797. The molecular weight excluding hydrogens is 532 g/mol. The second-order valence-electron chi connectivity index (χ2n) is 12.5. The van der Waals surface area contributed by atoms with Crippen LogP contribution in [0.4, 0.5) is 0 Å². The van der Waals surface area contributed by atoms with Gasteiger partial charge in [0.1, 0.15) is 0 Å². The van der Waals surface area contributed by atoms with Crippen molar-refractivity contribution in [3.8, 4) is 11.4 Å². The van der Waals surface area contributed by atoms with E-state index in [4.69, 9.17) is 0 Å². The maximum atomic E-state index is 2.48. The summed E-state index contributed by atoms with van der Waals surface area (Å²) in [5, 5.41) is 5.24. The van der Waals surface area contributed by atoms with Crippen LogP contribution in [0.5, 0.6) is 0 Å². The molecule has 2 nitrogen and oxygen atoms in total. The lowest BCUT2D eigenvalue weighted by Crippen LogP contribution is -2.01. The minimum absolute atomic E-state index is 0.361. The quantitative estimate of drug-likeness (QED) is 0.189. The van der Waals surface area contributed by atoms with E-state index in [0.29, 0.717) is 11.8 Å². The van der Waals surface area contributed by atoms with Gasteiger partial charge in [0.15, 0.2) is 0 Å². The summed E-state index contributed by atoms with van der Waals surface area (Å²) < 4.78 is 4.90. The predicted octanol–water partition coefficient (Wildman–Crippen LogP) is 11.4. The lowest BCUT2D eigenvalue weighted by molar-refractivity contribution is 0.760. The summed E-state index contributed by atoms with van der Waals surface area (Å²) in [7, 11) is 0. The molecule has 0 N–H and O–H groups in total. The van der Waals surface area contributed by atoms with Gasteiger partial charge >= 0.3 is 0 Å². The van der Waals surface area contributed by atoms with Crippen LogP contribution in [-0.4, -0.2) is 9.13 Å². The second kappa shape index (κ2) is 10.6. The van der Waals surface area contributed by atoms with Crippen molar-refractivity contribution in [1.82, 2.24) is 9.13 Å². The Morgan fingerprint density at radius 3 is 1.82 bits per heavy atom. The van der Waals surface area contributed by atoms with Crippen molar-refractivity contribution in [3.05, 3.63) is 156 Å². The molecule has 8 rings (SSSR count). The largest absolute Gasteiger partial charge is 0.309 e. The molecule has 44 heavy (non-hydrogen) atoms. The van der Waals surface area contributed by atoms with E-state index in [-0.39, 0.29) is 0 Å². The summed E-state index contributed by atoms with van der Waals surface area (Å²) in [6.07, 6.45) is 0.973. The van der Waals surface area contributed by atoms with E-state index >= 15 is 0 Å². The van der Waals surface area contributed by atoms with Crippen LogP contribution in [0.2, 0.25) is 0 Å². The van der Waals surface area contributed by atoms with Crippen LogP contribution in [0.3, 0.4) is 0 Å². The molecule has 0 bridgehead atoms. The first-order chi connectivity index (χ1) is 21.6. The molecule has 0 radical (unpaired) electrons. The molecule has 0 fully saturated rings. The summed E-state index contributed by atoms with van der Waals surface area (Å²) in [4.78, 5) is 0. The summed E-state index contributed by atoms with van der Waals surface area (Å²) >= 11 is 0. The molecule has 0 spiro atoms. The molecule has 1 atom stereocenters. The standard InChI is InChI=1S/C42H36N2/c1-28(2)34-18-12-19-38-37-23-21-30(26-40(37)44(42(34)38)33-15-8-5-9-16-33)25-29(3)31-22-24-36-35-17-10-11-20-39(35)43(41(36)27-31)32-13-6-4-7-14-32/h4-24,26-29H,25H2,1-3H3. The fourth-order valence-electron chi connectivity index (χ4n) is 7.20. The third-order valence-corrected chi connectivity index (χ3v) is 9.34. The van der Waals surface area contributed by atoms with Crippen molar-refractivity contribution in [2.75, 3.05) is 0 Å². The number of hydrogen-bond donors (Lipinski definition) is 0. The van der Waals surface area contributed by atoms with Gasteiger partial charge in [-0.2, -0.15) is 0 Å². The lowest BCUT2D eigenvalue weighted by atomic mass is 9.92. The van der Waals surface area contributed by atoms with Gasteiger partial charge in [-0.1, -0.05) is 118 Å². The third-order valence-electron chi connectivity index (χ3n) is 9.34. The van der Waals surface area contributed by atoms with Gasteiger partial charge in [0.2, 0.25) is 0 Å². The van der Waals surface area contributed by atoms with Crippen LogP contribution in [0.1, 0.15) is 49.3 Å². The SMILES string of the molecule is CC(C)c1cccc2c3ccc(CC(C)c4ccc5c6ccccc6n(-c6ccccc6)c5c4)cc3n(-c3ccccc3)c12. The van der Waals surface area contributed by atoms with Gasteiger partial charge in [0.05, 0.1) is 22.1 Å². The molecule has 6 aromatic carbocycles. The van der Waals surface area contributed by atoms with E-state index in [1.54, 1.807) is 0 Å². The van der Waals surface area contributed by atoms with E-state index in [1.165, 1.54) is 71.7 Å². The monoisotopic (exact) mass is 568 g/mol. The van der Waals surface area contributed by atoms with Gasteiger partial charge in [-0.3, -0.25) is 0 Å². The van der Waals surface area contributed by atoms with Crippen LogP contribution in [0.15, 0.2) is 140 Å². The number of aromatic nitrogens is 2. The zero-order chi connectivity index (χ0) is 29.8. The highest BCUT2D eigenvalue weighted by Crippen LogP contribution is 2.38. The molecule has 2 heteroatoms. The zero-order valence-electron chi connectivity index (χ0n) is 25.5. The fraction of sp³-hybridized carbons (Fsp3) is 0.143. The van der Waals surface area contributed by atoms with Crippen LogP contribution in [0, 0.1) is 0 Å². The first kappa shape index (κ1) is 26.5. The summed E-state index contributed by atoms with van der Waals surface area (Å²) in [6.45, 7) is 6.95. The van der Waals surface area contributed by atoms with Gasteiger partial charge in [-0.25, -0.2) is 0 Å². The van der Waals surface area contributed by atoms with Crippen molar-refractivity contribution in [2.24, 2.45) is 0 Å². The van der Waals surface area contributed by atoms with Crippen molar-refractivity contribution in [2.45, 2.75) is 39.0 Å². The van der Waals surface area contributed by atoms with Crippen LogP contribution in [0.25, 0.3) is 55.0 Å². The average molecular weight is 569 g/mol. The van der Waals surface area contributed by atoms with E-state index in [0.717, 1.165) is 6.42 Å². The molecule has 0 aliphatic rings. The molecular formula is C42H36N2. The zero-order valence-corrected chi connectivity index (χ0v) is 25.5. The highest BCUT2D eigenvalue weighted by Gasteiger charge is 2.19. The summed E-state index contributed by atoms with van der Waals surface area (Å²) in [6, 6.07) is 51.3. The topological polar surface area (TPSA) is 9.86 Å². The van der Waals surface area contributed by atoms with Crippen molar-refractivity contribution in [3.63, 3.8) is 0 Å². The Hall–Kier alpha value is -5.08. The number of nitrogens with zero attached hydrogens (tertiary/aromatic N) is 2. The maximum Gasteiger partial charge on any atom is 0.0575 e. The minimum Gasteiger partial charge on any atom is -0.309 e. The van der Waals surface area contributed by atoms with E-state index < -0.39 is 0 Å². The smallest absolute Gasteiger partial charge is 0.0575 e. The van der Waals surface area contributed by atoms with Crippen LogP contribution in [-0.2, 0) is 6.42 Å². The molecule has 0 saturated heterocycles. The molecule has 8 aromatic rings. The number of hydrogen-bond acceptors (Lipinski definition) is 0. The second-order valence-corrected chi connectivity index (χ2v) is 12.5. The first-order valence-electron chi connectivity index (χ1n) is 15.8. The Kier molecular flexibility index (Phi) is 6.38. The number of rotatable bonds is 6. The van der Waals surface area contributed by atoms with E-state index in [1.807, 2.05) is 0 Å². The van der Waals surface area contributed by atoms with Gasteiger partial charge in [0, 0.05) is 32.9 Å². The Balaban J connectivity index is 1.24. The Labute approximate surface area is 258 Å². The molecule has 0 aliphatic carbocycles. The average Bonchev–Trinajstić information content (AvgIpc) is 3.57. The van der Waals surface area contributed by atoms with Gasteiger partial charge in [-0.05, 0) is 77.4 Å². The number of benzene rings is 6. The summed E-state index contributed by atoms with van der Waals surface area (Å²) in [5.41, 5.74) is 11.6. The van der Waals surface area contributed by atoms with Gasteiger partial charge < -0.3 is 9.13 Å². The normalized spacial score (nSPS) is 12.6. The Morgan fingerprint density at radius 1 is 0.477 bits per heavy atom. The van der Waals surface area contributed by atoms with Crippen molar-refractivity contribution >= 4 is 43.6 Å². The number of para-hydroxylation sites is 4. The lowest BCUT2D eigenvalue weighted by Gasteiger charge is -2.15. The molecule has 214 valence electrons. The third kappa shape index (κ3) is 4.25. The van der Waals surface area contributed by atoms with Crippen molar-refractivity contribution < 1.29 is 0 Å². The van der Waals surface area contributed by atoms with Crippen molar-refractivity contribution in [1.29, 1.82) is 0 Å². The van der Waals surface area contributed by atoms with Gasteiger partial charge in [0.25, 0.3) is 0 Å². The predicted molar refractivity (Wildman–Crippen MR) is 188 cm³/mol. The molecule has 0 aliphatic heterocycles.